The van der Waals surface area contributed by atoms with Gasteiger partial charge in [0.25, 0.3) is 0 Å². The first kappa shape index (κ1) is 18.7. The number of aldehydes is 1. The Morgan fingerprint density at radius 3 is 2.43 bits per heavy atom. The fraction of sp³-hybridized carbons (Fsp3) is 0.455. The molecule has 2 aliphatic rings. The predicted octanol–water partition coefficient (Wildman–Crippen LogP) is 2.35. The first-order valence-electron chi connectivity index (χ1n) is 10.00. The molecule has 0 aromatic heterocycles. The molecular formula is C22H27N3O3. The van der Waals surface area contributed by atoms with Crippen molar-refractivity contribution in [3.05, 3.63) is 35.9 Å². The Kier molecular flexibility index (Phi) is 5.22. The van der Waals surface area contributed by atoms with Gasteiger partial charge in [0, 0.05) is 50.9 Å². The maximum Gasteiger partial charge on any atom is 0.225 e. The van der Waals surface area contributed by atoms with Gasteiger partial charge in [0.1, 0.15) is 5.75 Å². The van der Waals surface area contributed by atoms with Crippen LogP contribution >= 0.6 is 0 Å². The number of phenolic OH excluding ortho intramolecular Hbond substituents is 1. The molecule has 2 saturated heterocycles. The number of carbonyl (C=O) groups excluding carboxylic acids is 2. The quantitative estimate of drug-likeness (QED) is 0.827. The van der Waals surface area contributed by atoms with Crippen LogP contribution in [0.15, 0.2) is 30.3 Å². The highest BCUT2D eigenvalue weighted by Crippen LogP contribution is 2.31. The van der Waals surface area contributed by atoms with Crippen LogP contribution in [0.25, 0.3) is 10.8 Å². The summed E-state index contributed by atoms with van der Waals surface area (Å²) in [5.74, 6) is 0.453. The SMILES string of the molecule is CN1CCN(C(=O)C2CCN(c3ccc4c(C=O)c(O)ccc4c3)CC2)CC1. The number of likely N-dealkylation sites (N-methyl/N-ethyl adjacent to an activating group) is 1. The lowest BCUT2D eigenvalue weighted by Crippen LogP contribution is -2.50. The monoisotopic (exact) mass is 381 g/mol. The van der Waals surface area contributed by atoms with Crippen LogP contribution in [0.5, 0.6) is 5.75 Å². The van der Waals surface area contributed by atoms with E-state index in [2.05, 4.69) is 22.9 Å². The van der Waals surface area contributed by atoms with Crippen molar-refractivity contribution < 1.29 is 14.7 Å². The summed E-state index contributed by atoms with van der Waals surface area (Å²) in [6.07, 6.45) is 2.45. The summed E-state index contributed by atoms with van der Waals surface area (Å²) in [7, 11) is 2.10. The van der Waals surface area contributed by atoms with Crippen LogP contribution in [-0.4, -0.2) is 73.4 Å². The summed E-state index contributed by atoms with van der Waals surface area (Å²) in [5, 5.41) is 11.6. The van der Waals surface area contributed by atoms with Crippen LogP contribution in [0.4, 0.5) is 5.69 Å². The van der Waals surface area contributed by atoms with E-state index in [-0.39, 0.29) is 11.7 Å². The van der Waals surface area contributed by atoms with Crippen molar-refractivity contribution in [2.24, 2.45) is 5.92 Å². The number of piperidine rings is 1. The van der Waals surface area contributed by atoms with Gasteiger partial charge in [-0.3, -0.25) is 9.59 Å². The van der Waals surface area contributed by atoms with Crippen molar-refractivity contribution in [1.82, 2.24) is 9.80 Å². The predicted molar refractivity (Wildman–Crippen MR) is 110 cm³/mol. The Morgan fingerprint density at radius 1 is 1.04 bits per heavy atom. The largest absolute Gasteiger partial charge is 0.507 e. The fourth-order valence-electron chi connectivity index (χ4n) is 4.32. The Morgan fingerprint density at radius 2 is 1.75 bits per heavy atom. The topological polar surface area (TPSA) is 64.1 Å². The Hall–Kier alpha value is -2.60. The number of benzene rings is 2. The molecule has 2 fully saturated rings. The Labute approximate surface area is 165 Å². The zero-order valence-corrected chi connectivity index (χ0v) is 16.3. The number of piperazine rings is 1. The maximum absolute atomic E-state index is 12.8. The highest BCUT2D eigenvalue weighted by molar-refractivity contribution is 6.01. The van der Waals surface area contributed by atoms with E-state index in [1.165, 1.54) is 0 Å². The third kappa shape index (κ3) is 3.56. The van der Waals surface area contributed by atoms with Gasteiger partial charge >= 0.3 is 0 Å². The minimum Gasteiger partial charge on any atom is -0.507 e. The summed E-state index contributed by atoms with van der Waals surface area (Å²) >= 11 is 0. The van der Waals surface area contributed by atoms with E-state index < -0.39 is 0 Å². The number of hydrogen-bond donors (Lipinski definition) is 1. The number of fused-ring (bicyclic) bond motifs is 1. The number of nitrogens with zero attached hydrogens (tertiary/aromatic N) is 3. The molecular weight excluding hydrogens is 354 g/mol. The van der Waals surface area contributed by atoms with Crippen molar-refractivity contribution in [1.29, 1.82) is 0 Å². The van der Waals surface area contributed by atoms with E-state index in [4.69, 9.17) is 0 Å². The molecule has 0 aliphatic carbocycles. The average Bonchev–Trinajstić information content (AvgIpc) is 2.73. The van der Waals surface area contributed by atoms with Crippen LogP contribution in [0, 0.1) is 5.92 Å². The summed E-state index contributed by atoms with van der Waals surface area (Å²) in [5.41, 5.74) is 1.43. The molecule has 0 bridgehead atoms. The summed E-state index contributed by atoms with van der Waals surface area (Å²) in [6, 6.07) is 9.36. The first-order valence-corrected chi connectivity index (χ1v) is 10.00. The lowest BCUT2D eigenvalue weighted by atomic mass is 9.94. The van der Waals surface area contributed by atoms with E-state index in [1.807, 2.05) is 23.1 Å². The number of rotatable bonds is 3. The van der Waals surface area contributed by atoms with Gasteiger partial charge < -0.3 is 19.8 Å². The second kappa shape index (κ2) is 7.80. The second-order valence-electron chi connectivity index (χ2n) is 7.91. The number of amides is 1. The molecule has 2 aromatic carbocycles. The molecule has 6 nitrogen and oxygen atoms in total. The molecule has 0 radical (unpaired) electrons. The number of aromatic hydroxyl groups is 1. The van der Waals surface area contributed by atoms with Crippen LogP contribution < -0.4 is 4.90 Å². The van der Waals surface area contributed by atoms with Crippen molar-refractivity contribution in [2.75, 3.05) is 51.2 Å². The third-order valence-electron chi connectivity index (χ3n) is 6.16. The lowest BCUT2D eigenvalue weighted by Gasteiger charge is -2.38. The molecule has 1 amide bonds. The minimum atomic E-state index is 0.0125. The van der Waals surface area contributed by atoms with Crippen molar-refractivity contribution >= 4 is 28.7 Å². The summed E-state index contributed by atoms with van der Waals surface area (Å²) in [4.78, 5) is 30.7. The average molecular weight is 381 g/mol. The molecule has 0 saturated carbocycles. The van der Waals surface area contributed by atoms with Gasteiger partial charge in [-0.25, -0.2) is 0 Å². The van der Waals surface area contributed by atoms with Gasteiger partial charge in [0.15, 0.2) is 6.29 Å². The Bertz CT molecular complexity index is 882. The van der Waals surface area contributed by atoms with Gasteiger partial charge in [-0.1, -0.05) is 12.1 Å². The molecule has 2 aliphatic heterocycles. The standard InChI is InChI=1S/C22H27N3O3/c1-23-10-12-25(13-11-23)22(28)16-6-8-24(9-7-16)18-3-4-19-17(14-18)2-5-21(27)20(19)15-26/h2-5,14-16,27H,6-13H2,1H3. The van der Waals surface area contributed by atoms with Crippen LogP contribution in [0.2, 0.25) is 0 Å². The molecule has 2 heterocycles. The smallest absolute Gasteiger partial charge is 0.225 e. The van der Waals surface area contributed by atoms with Gasteiger partial charge in [-0.2, -0.15) is 0 Å². The number of anilines is 1. The molecule has 28 heavy (non-hydrogen) atoms. The van der Waals surface area contributed by atoms with Crippen LogP contribution in [0.3, 0.4) is 0 Å². The highest BCUT2D eigenvalue weighted by atomic mass is 16.3. The van der Waals surface area contributed by atoms with Gasteiger partial charge in [0.05, 0.1) is 5.56 Å². The summed E-state index contributed by atoms with van der Waals surface area (Å²) in [6.45, 7) is 5.31. The maximum atomic E-state index is 12.8. The number of carbonyl (C=O) groups is 2. The van der Waals surface area contributed by atoms with Gasteiger partial charge in [-0.05, 0) is 48.9 Å². The van der Waals surface area contributed by atoms with Crippen molar-refractivity contribution in [3.8, 4) is 5.75 Å². The molecule has 0 atom stereocenters. The van der Waals surface area contributed by atoms with Crippen molar-refractivity contribution in [2.45, 2.75) is 12.8 Å². The van der Waals surface area contributed by atoms with Crippen LogP contribution in [-0.2, 0) is 4.79 Å². The van der Waals surface area contributed by atoms with Gasteiger partial charge in [0.2, 0.25) is 5.91 Å². The molecule has 148 valence electrons. The number of phenols is 1. The second-order valence-corrected chi connectivity index (χ2v) is 7.91. The highest BCUT2D eigenvalue weighted by Gasteiger charge is 2.30. The van der Waals surface area contributed by atoms with E-state index >= 15 is 0 Å². The minimum absolute atomic E-state index is 0.0125. The first-order chi connectivity index (χ1) is 13.6. The molecule has 4 rings (SSSR count). The van der Waals surface area contributed by atoms with E-state index in [9.17, 15) is 14.7 Å². The van der Waals surface area contributed by atoms with Gasteiger partial charge in [-0.15, -0.1) is 0 Å². The zero-order valence-electron chi connectivity index (χ0n) is 16.3. The van der Waals surface area contributed by atoms with E-state index in [1.54, 1.807) is 6.07 Å². The normalized spacial score (nSPS) is 19.2. The third-order valence-corrected chi connectivity index (χ3v) is 6.16. The molecule has 6 heteroatoms. The lowest BCUT2D eigenvalue weighted by molar-refractivity contribution is -0.137. The Balaban J connectivity index is 1.43. The molecule has 0 spiro atoms. The zero-order chi connectivity index (χ0) is 19.7. The van der Waals surface area contributed by atoms with Crippen LogP contribution in [0.1, 0.15) is 23.2 Å². The molecule has 0 unspecified atom stereocenters. The van der Waals surface area contributed by atoms with E-state index in [0.717, 1.165) is 68.6 Å². The molecule has 2 aromatic rings. The summed E-state index contributed by atoms with van der Waals surface area (Å²) < 4.78 is 0. The fourth-order valence-corrected chi connectivity index (χ4v) is 4.32. The molecule has 1 N–H and O–H groups in total. The number of hydrogen-bond acceptors (Lipinski definition) is 5. The van der Waals surface area contributed by atoms with E-state index in [0.29, 0.717) is 17.8 Å². The van der Waals surface area contributed by atoms with Crippen molar-refractivity contribution in [3.63, 3.8) is 0 Å².